The first-order valence-corrected chi connectivity index (χ1v) is 11.0. The fraction of sp³-hybridized carbons (Fsp3) is 0.565. The Morgan fingerprint density at radius 3 is 3.06 bits per heavy atom. The summed E-state index contributed by atoms with van der Waals surface area (Å²) >= 11 is 0. The average molecular weight is 429 g/mol. The van der Waals surface area contributed by atoms with Crippen molar-refractivity contribution in [2.75, 3.05) is 34.0 Å². The Hall–Kier alpha value is -2.58. The second-order valence-corrected chi connectivity index (χ2v) is 8.04. The minimum Gasteiger partial charge on any atom is -0.497 e. The highest BCUT2D eigenvalue weighted by molar-refractivity contribution is 5.75. The van der Waals surface area contributed by atoms with E-state index in [4.69, 9.17) is 19.3 Å². The van der Waals surface area contributed by atoms with Crippen molar-refractivity contribution >= 4 is 6.03 Å². The van der Waals surface area contributed by atoms with Crippen molar-refractivity contribution in [3.05, 3.63) is 46.8 Å². The average Bonchev–Trinajstić information content (AvgIpc) is 3.20. The highest BCUT2D eigenvalue weighted by Crippen LogP contribution is 2.35. The summed E-state index contributed by atoms with van der Waals surface area (Å²) in [7, 11) is 3.35. The molecule has 0 bridgehead atoms. The first-order chi connectivity index (χ1) is 15.2. The predicted octanol–water partition coefficient (Wildman–Crippen LogP) is 3.05. The second kappa shape index (κ2) is 10.2. The maximum absolute atomic E-state index is 13.2. The molecule has 0 spiro atoms. The lowest BCUT2D eigenvalue weighted by atomic mass is 9.95. The van der Waals surface area contributed by atoms with Crippen molar-refractivity contribution in [2.24, 2.45) is 0 Å². The van der Waals surface area contributed by atoms with Crippen LogP contribution in [0.1, 0.15) is 47.8 Å². The molecular weight excluding hydrogens is 396 g/mol. The number of piperidine rings is 1. The number of rotatable bonds is 7. The number of nitrogens with zero attached hydrogens (tertiary/aromatic N) is 3. The molecule has 0 aliphatic carbocycles. The summed E-state index contributed by atoms with van der Waals surface area (Å²) < 4.78 is 18.4. The molecule has 1 N–H and O–H groups in total. The molecule has 8 nitrogen and oxygen atoms in total. The van der Waals surface area contributed by atoms with Crippen LogP contribution in [0.2, 0.25) is 0 Å². The van der Waals surface area contributed by atoms with Gasteiger partial charge in [-0.2, -0.15) is 5.10 Å². The Labute approximate surface area is 183 Å². The van der Waals surface area contributed by atoms with E-state index >= 15 is 0 Å². The number of nitrogens with one attached hydrogen (secondary N) is 1. The molecule has 3 heterocycles. The third-order valence-electron chi connectivity index (χ3n) is 6.09. The summed E-state index contributed by atoms with van der Waals surface area (Å²) in [4.78, 5) is 15.1. The Balaban J connectivity index is 1.52. The van der Waals surface area contributed by atoms with Gasteiger partial charge in [0.2, 0.25) is 0 Å². The van der Waals surface area contributed by atoms with Gasteiger partial charge in [0.15, 0.2) is 0 Å². The Bertz CT molecular complexity index is 898. The fourth-order valence-corrected chi connectivity index (χ4v) is 4.49. The van der Waals surface area contributed by atoms with Crippen LogP contribution in [0.25, 0.3) is 0 Å². The highest BCUT2D eigenvalue weighted by atomic mass is 16.5. The molecule has 2 aliphatic heterocycles. The number of benzene rings is 1. The van der Waals surface area contributed by atoms with Gasteiger partial charge in [0.05, 0.1) is 45.2 Å². The van der Waals surface area contributed by atoms with E-state index in [1.807, 2.05) is 29.2 Å². The number of aromatic nitrogens is 2. The van der Waals surface area contributed by atoms with E-state index in [1.165, 1.54) is 5.69 Å². The van der Waals surface area contributed by atoms with Crippen molar-refractivity contribution in [3.8, 4) is 5.75 Å². The highest BCUT2D eigenvalue weighted by Gasteiger charge is 2.34. The molecule has 0 radical (unpaired) electrons. The van der Waals surface area contributed by atoms with Gasteiger partial charge in [-0.1, -0.05) is 12.1 Å². The largest absolute Gasteiger partial charge is 0.497 e. The van der Waals surface area contributed by atoms with Crippen LogP contribution in [0.15, 0.2) is 24.3 Å². The molecule has 2 amide bonds. The monoisotopic (exact) mass is 428 g/mol. The first kappa shape index (κ1) is 21.6. The minimum absolute atomic E-state index is 0.0293. The number of hydrogen-bond donors (Lipinski definition) is 1. The van der Waals surface area contributed by atoms with Gasteiger partial charge in [0, 0.05) is 37.9 Å². The number of likely N-dealkylation sites (tertiary alicyclic amines) is 1. The van der Waals surface area contributed by atoms with E-state index in [0.717, 1.165) is 54.8 Å². The Kier molecular flexibility index (Phi) is 7.09. The molecule has 2 aliphatic rings. The molecule has 1 atom stereocenters. The maximum atomic E-state index is 13.2. The van der Waals surface area contributed by atoms with Gasteiger partial charge in [-0.25, -0.2) is 4.79 Å². The van der Waals surface area contributed by atoms with Gasteiger partial charge in [-0.3, -0.25) is 4.68 Å². The molecule has 1 saturated heterocycles. The Morgan fingerprint density at radius 1 is 1.32 bits per heavy atom. The number of fused-ring (bicyclic) bond motifs is 1. The normalized spacial score (nSPS) is 18.5. The summed E-state index contributed by atoms with van der Waals surface area (Å²) in [6.07, 6.45) is 3.86. The quantitative estimate of drug-likeness (QED) is 0.733. The zero-order valence-electron chi connectivity index (χ0n) is 18.4. The fourth-order valence-electron chi connectivity index (χ4n) is 4.49. The standard InChI is InChI=1S/C23H32N4O4/c1-29-13-11-27-20-9-12-31-16-19(20)22(25-27)21-8-3-4-10-26(21)23(28)24-15-17-6-5-7-18(14-17)30-2/h5-7,14,21H,3-4,8-13,15-16H2,1-2H3,(H,24,28). The van der Waals surface area contributed by atoms with Crippen LogP contribution in [-0.2, 0) is 35.6 Å². The minimum atomic E-state index is -0.0514. The molecule has 1 aromatic carbocycles. The number of carbonyl (C=O) groups is 1. The van der Waals surface area contributed by atoms with Crippen LogP contribution in [0.5, 0.6) is 5.75 Å². The number of ether oxygens (including phenoxy) is 3. The molecule has 2 aromatic rings. The smallest absolute Gasteiger partial charge is 0.318 e. The lowest BCUT2D eigenvalue weighted by molar-refractivity contribution is 0.104. The van der Waals surface area contributed by atoms with Gasteiger partial charge in [-0.05, 0) is 37.0 Å². The predicted molar refractivity (Wildman–Crippen MR) is 116 cm³/mol. The van der Waals surface area contributed by atoms with Crippen molar-refractivity contribution in [1.29, 1.82) is 0 Å². The maximum Gasteiger partial charge on any atom is 0.318 e. The summed E-state index contributed by atoms with van der Waals surface area (Å²) in [5.74, 6) is 0.788. The van der Waals surface area contributed by atoms with E-state index in [-0.39, 0.29) is 12.1 Å². The van der Waals surface area contributed by atoms with Crippen LogP contribution < -0.4 is 10.1 Å². The Morgan fingerprint density at radius 2 is 2.23 bits per heavy atom. The van der Waals surface area contributed by atoms with Crippen LogP contribution in [0.3, 0.4) is 0 Å². The zero-order valence-corrected chi connectivity index (χ0v) is 18.4. The van der Waals surface area contributed by atoms with E-state index in [9.17, 15) is 4.79 Å². The lowest BCUT2D eigenvalue weighted by Crippen LogP contribution is -2.44. The first-order valence-electron chi connectivity index (χ1n) is 11.0. The van der Waals surface area contributed by atoms with Gasteiger partial charge in [-0.15, -0.1) is 0 Å². The van der Waals surface area contributed by atoms with Gasteiger partial charge >= 0.3 is 6.03 Å². The van der Waals surface area contributed by atoms with Gasteiger partial charge in [0.1, 0.15) is 5.75 Å². The number of urea groups is 1. The van der Waals surface area contributed by atoms with Crippen LogP contribution in [0.4, 0.5) is 4.79 Å². The number of amides is 2. The molecule has 1 fully saturated rings. The second-order valence-electron chi connectivity index (χ2n) is 8.04. The number of carbonyl (C=O) groups excluding carboxylic acids is 1. The van der Waals surface area contributed by atoms with Crippen LogP contribution in [0, 0.1) is 0 Å². The third kappa shape index (κ3) is 4.85. The SMILES string of the molecule is COCCn1nc(C2CCCCN2C(=O)NCc2cccc(OC)c2)c2c1CCOC2. The number of hydrogen-bond acceptors (Lipinski definition) is 5. The molecule has 31 heavy (non-hydrogen) atoms. The van der Waals surface area contributed by atoms with Crippen LogP contribution >= 0.6 is 0 Å². The summed E-state index contributed by atoms with van der Waals surface area (Å²) in [5.41, 5.74) is 4.37. The summed E-state index contributed by atoms with van der Waals surface area (Å²) in [6.45, 7) is 3.79. The molecule has 8 heteroatoms. The molecule has 1 aromatic heterocycles. The van der Waals surface area contributed by atoms with Gasteiger partial charge < -0.3 is 24.4 Å². The van der Waals surface area contributed by atoms with E-state index in [2.05, 4.69) is 10.00 Å². The van der Waals surface area contributed by atoms with Gasteiger partial charge in [0.25, 0.3) is 0 Å². The lowest BCUT2D eigenvalue weighted by Gasteiger charge is -2.35. The van der Waals surface area contributed by atoms with Crippen molar-refractivity contribution in [1.82, 2.24) is 20.0 Å². The summed E-state index contributed by atoms with van der Waals surface area (Å²) in [5, 5.41) is 8.03. The van der Waals surface area contributed by atoms with Crippen molar-refractivity contribution in [3.63, 3.8) is 0 Å². The van der Waals surface area contributed by atoms with E-state index < -0.39 is 0 Å². The van der Waals surface area contributed by atoms with Crippen molar-refractivity contribution in [2.45, 2.75) is 51.4 Å². The summed E-state index contributed by atoms with van der Waals surface area (Å²) in [6, 6.07) is 7.68. The van der Waals surface area contributed by atoms with Crippen LogP contribution in [-0.4, -0.2) is 54.7 Å². The third-order valence-corrected chi connectivity index (χ3v) is 6.09. The molecule has 4 rings (SSSR count). The van der Waals surface area contributed by atoms with E-state index in [1.54, 1.807) is 14.2 Å². The molecular formula is C23H32N4O4. The molecule has 0 saturated carbocycles. The van der Waals surface area contributed by atoms with Crippen molar-refractivity contribution < 1.29 is 19.0 Å². The molecule has 168 valence electrons. The molecule has 1 unspecified atom stereocenters. The number of methoxy groups -OCH3 is 2. The zero-order chi connectivity index (χ0) is 21.6. The van der Waals surface area contributed by atoms with E-state index in [0.29, 0.717) is 32.9 Å². The topological polar surface area (TPSA) is 77.9 Å².